The molecule has 106 valence electrons. The lowest BCUT2D eigenvalue weighted by atomic mass is 9.94. The van der Waals surface area contributed by atoms with Gasteiger partial charge in [-0.3, -0.25) is 0 Å². The van der Waals surface area contributed by atoms with Gasteiger partial charge in [-0.15, -0.1) is 11.3 Å². The van der Waals surface area contributed by atoms with Gasteiger partial charge in [0.05, 0.1) is 5.39 Å². The van der Waals surface area contributed by atoms with Crippen LogP contribution >= 0.6 is 11.3 Å². The lowest BCUT2D eigenvalue weighted by molar-refractivity contribution is 0.436. The molecule has 0 unspecified atom stereocenters. The Bertz CT molecular complexity index is 622. The minimum absolute atomic E-state index is 0.411. The van der Waals surface area contributed by atoms with Crippen molar-refractivity contribution >= 4 is 27.4 Å². The van der Waals surface area contributed by atoms with E-state index < -0.39 is 0 Å². The summed E-state index contributed by atoms with van der Waals surface area (Å²) >= 11 is 1.74. The number of aromatic nitrogens is 2. The summed E-state index contributed by atoms with van der Waals surface area (Å²) in [6.45, 7) is 3.32. The van der Waals surface area contributed by atoms with Gasteiger partial charge in [-0.05, 0) is 37.1 Å². The van der Waals surface area contributed by atoms with Gasteiger partial charge in [0.1, 0.15) is 16.5 Å². The molecule has 0 amide bonds. The molecule has 0 N–H and O–H groups in total. The largest absolute Gasteiger partial charge is 0.350 e. The number of rotatable bonds is 2. The molecule has 1 aliphatic heterocycles. The number of hydrogen-bond donors (Lipinski definition) is 0. The van der Waals surface area contributed by atoms with E-state index in [-0.39, 0.29) is 0 Å². The summed E-state index contributed by atoms with van der Waals surface area (Å²) in [5, 5.41) is 3.42. The molecule has 2 aromatic rings. The molecule has 0 atom stereocenters. The van der Waals surface area contributed by atoms with Crippen molar-refractivity contribution in [2.75, 3.05) is 11.4 Å². The predicted octanol–water partition coefficient (Wildman–Crippen LogP) is 4.17. The zero-order chi connectivity index (χ0) is 13.6. The maximum atomic E-state index is 4.91. The lowest BCUT2D eigenvalue weighted by Crippen LogP contribution is -2.42. The van der Waals surface area contributed by atoms with Crippen molar-refractivity contribution in [1.29, 1.82) is 0 Å². The van der Waals surface area contributed by atoms with Crippen molar-refractivity contribution in [3.8, 4) is 0 Å². The van der Waals surface area contributed by atoms with E-state index in [4.69, 9.17) is 4.98 Å². The maximum Gasteiger partial charge on any atom is 0.141 e. The number of fused-ring (bicyclic) bond motifs is 1. The van der Waals surface area contributed by atoms with Gasteiger partial charge in [0, 0.05) is 18.5 Å². The van der Waals surface area contributed by atoms with Crippen molar-refractivity contribution < 1.29 is 0 Å². The molecule has 3 nitrogen and oxygen atoms in total. The van der Waals surface area contributed by atoms with E-state index in [0.29, 0.717) is 5.54 Å². The van der Waals surface area contributed by atoms with Gasteiger partial charge in [-0.2, -0.15) is 0 Å². The molecular weight excluding hydrogens is 266 g/mol. The first-order valence-electron chi connectivity index (χ1n) is 7.84. The van der Waals surface area contributed by atoms with Gasteiger partial charge in [0.25, 0.3) is 0 Å². The summed E-state index contributed by atoms with van der Waals surface area (Å²) in [6.07, 6.45) is 9.06. The topological polar surface area (TPSA) is 29.0 Å². The Kier molecular flexibility index (Phi) is 2.95. The van der Waals surface area contributed by atoms with Gasteiger partial charge >= 0.3 is 0 Å². The van der Waals surface area contributed by atoms with Crippen molar-refractivity contribution in [3.05, 3.63) is 17.3 Å². The van der Waals surface area contributed by atoms with Crippen LogP contribution in [0.5, 0.6) is 0 Å². The minimum Gasteiger partial charge on any atom is -0.350 e. The highest BCUT2D eigenvalue weighted by molar-refractivity contribution is 7.16. The fraction of sp³-hybridized carbons (Fsp3) is 0.625. The summed E-state index contributed by atoms with van der Waals surface area (Å²) in [5.41, 5.74) is 0.411. The van der Waals surface area contributed by atoms with Crippen LogP contribution in [-0.2, 0) is 6.42 Å². The van der Waals surface area contributed by atoms with Gasteiger partial charge in [-0.1, -0.05) is 19.8 Å². The molecule has 0 bridgehead atoms. The molecule has 1 aliphatic carbocycles. The van der Waals surface area contributed by atoms with E-state index in [9.17, 15) is 0 Å². The van der Waals surface area contributed by atoms with Crippen molar-refractivity contribution in [2.24, 2.45) is 0 Å². The Labute approximate surface area is 124 Å². The summed E-state index contributed by atoms with van der Waals surface area (Å²) in [7, 11) is 0. The summed E-state index contributed by atoms with van der Waals surface area (Å²) < 4.78 is 0. The van der Waals surface area contributed by atoms with Crippen LogP contribution in [0.4, 0.5) is 5.82 Å². The Balaban J connectivity index is 1.86. The second kappa shape index (κ2) is 4.69. The third kappa shape index (κ3) is 1.77. The van der Waals surface area contributed by atoms with Crippen LogP contribution in [0.3, 0.4) is 0 Å². The van der Waals surface area contributed by atoms with Crippen LogP contribution < -0.4 is 4.90 Å². The van der Waals surface area contributed by atoms with E-state index >= 15 is 0 Å². The fourth-order valence-electron chi connectivity index (χ4n) is 4.07. The molecule has 20 heavy (non-hydrogen) atoms. The Morgan fingerprint density at radius 1 is 1.20 bits per heavy atom. The smallest absolute Gasteiger partial charge is 0.141 e. The van der Waals surface area contributed by atoms with Crippen molar-refractivity contribution in [1.82, 2.24) is 9.97 Å². The van der Waals surface area contributed by atoms with Crippen molar-refractivity contribution in [3.63, 3.8) is 0 Å². The zero-order valence-electron chi connectivity index (χ0n) is 12.1. The number of hydrogen-bond acceptors (Lipinski definition) is 4. The highest BCUT2D eigenvalue weighted by Gasteiger charge is 2.44. The van der Waals surface area contributed by atoms with Crippen LogP contribution in [-0.4, -0.2) is 22.1 Å². The van der Waals surface area contributed by atoms with Gasteiger partial charge in [-0.25, -0.2) is 9.97 Å². The first-order chi connectivity index (χ1) is 9.82. The van der Waals surface area contributed by atoms with E-state index in [0.717, 1.165) is 17.1 Å². The monoisotopic (exact) mass is 287 g/mol. The number of thiophene rings is 1. The normalized spacial score (nSPS) is 21.4. The van der Waals surface area contributed by atoms with Crippen LogP contribution in [0.15, 0.2) is 11.4 Å². The Morgan fingerprint density at radius 2 is 2.00 bits per heavy atom. The SMILES string of the molecule is CCc1nc(N2CCCC23CCCC3)c2ccsc2n1. The van der Waals surface area contributed by atoms with Crippen LogP contribution in [0, 0.1) is 0 Å². The predicted molar refractivity (Wildman–Crippen MR) is 84.6 cm³/mol. The van der Waals surface area contributed by atoms with Crippen LogP contribution in [0.2, 0.25) is 0 Å². The molecule has 1 spiro atoms. The molecule has 0 radical (unpaired) electrons. The number of aryl methyl sites for hydroxylation is 1. The third-order valence-electron chi connectivity index (χ3n) is 5.05. The fourth-order valence-corrected chi connectivity index (χ4v) is 4.85. The number of anilines is 1. The highest BCUT2D eigenvalue weighted by atomic mass is 32.1. The van der Waals surface area contributed by atoms with E-state index in [1.165, 1.54) is 56.3 Å². The first-order valence-corrected chi connectivity index (χ1v) is 8.72. The molecule has 2 fully saturated rings. The van der Waals surface area contributed by atoms with Crippen LogP contribution in [0.25, 0.3) is 10.2 Å². The standard InChI is InChI=1S/C16H21N3S/c1-2-13-17-14(12-6-11-20-15(12)18-13)19-10-5-9-16(19)7-3-4-8-16/h6,11H,2-5,7-10H2,1H3. The average Bonchev–Trinajstić information content (AvgIpc) is 3.20. The van der Waals surface area contributed by atoms with Gasteiger partial charge in [0.2, 0.25) is 0 Å². The molecule has 2 aromatic heterocycles. The van der Waals surface area contributed by atoms with E-state index in [1.807, 2.05) is 0 Å². The molecule has 4 rings (SSSR count). The molecule has 3 heterocycles. The van der Waals surface area contributed by atoms with Crippen molar-refractivity contribution in [2.45, 2.75) is 57.4 Å². The third-order valence-corrected chi connectivity index (χ3v) is 5.86. The molecule has 1 saturated heterocycles. The quantitative estimate of drug-likeness (QED) is 0.830. The highest BCUT2D eigenvalue weighted by Crippen LogP contribution is 2.46. The van der Waals surface area contributed by atoms with Crippen LogP contribution in [0.1, 0.15) is 51.3 Å². The second-order valence-corrected chi connectivity index (χ2v) is 7.04. The summed E-state index contributed by atoms with van der Waals surface area (Å²) in [6, 6.07) is 2.20. The van der Waals surface area contributed by atoms with E-state index in [1.54, 1.807) is 11.3 Å². The van der Waals surface area contributed by atoms with Gasteiger partial charge < -0.3 is 4.90 Å². The zero-order valence-corrected chi connectivity index (χ0v) is 12.9. The Morgan fingerprint density at radius 3 is 2.80 bits per heavy atom. The number of nitrogens with zero attached hydrogens (tertiary/aromatic N) is 3. The van der Waals surface area contributed by atoms with Gasteiger partial charge in [0.15, 0.2) is 0 Å². The van der Waals surface area contributed by atoms with E-state index in [2.05, 4.69) is 28.3 Å². The minimum atomic E-state index is 0.411. The molecule has 2 aliphatic rings. The second-order valence-electron chi connectivity index (χ2n) is 6.14. The summed E-state index contributed by atoms with van der Waals surface area (Å²) in [4.78, 5) is 13.4. The molecular formula is C16H21N3S. The average molecular weight is 287 g/mol. The summed E-state index contributed by atoms with van der Waals surface area (Å²) in [5.74, 6) is 2.21. The molecule has 4 heteroatoms. The Hall–Kier alpha value is -1.16. The molecule has 1 saturated carbocycles. The lowest BCUT2D eigenvalue weighted by Gasteiger charge is -2.36. The maximum absolute atomic E-state index is 4.91. The first kappa shape index (κ1) is 12.6. The molecule has 0 aromatic carbocycles.